The Labute approximate surface area is 254 Å². The van der Waals surface area contributed by atoms with E-state index in [0.29, 0.717) is 16.2 Å². The largest absolute Gasteiger partial charge is 0.458 e. The molecule has 0 spiro atoms. The summed E-state index contributed by atoms with van der Waals surface area (Å²) in [7, 11) is 0. The Morgan fingerprint density at radius 2 is 1.46 bits per heavy atom. The quantitative estimate of drug-likeness (QED) is 0.268. The van der Waals surface area contributed by atoms with E-state index in [0.717, 1.165) is 41.4 Å². The maximum Gasteiger partial charge on any atom is 0.331 e. The highest BCUT2D eigenvalue weighted by atomic mass is 16.6. The topological polar surface area (TPSA) is 81.8 Å². The van der Waals surface area contributed by atoms with Crippen molar-refractivity contribution in [3.63, 3.8) is 0 Å². The molecule has 10 unspecified atom stereocenters. The minimum Gasteiger partial charge on any atom is -0.458 e. The number of rotatable bonds is 3. The highest BCUT2D eigenvalue weighted by Crippen LogP contribution is 2.73. The van der Waals surface area contributed by atoms with E-state index >= 15 is 0 Å². The summed E-state index contributed by atoms with van der Waals surface area (Å²) in [6, 6.07) is 0. The van der Waals surface area contributed by atoms with Crippen molar-refractivity contribution < 1.29 is 9.53 Å². The van der Waals surface area contributed by atoms with E-state index in [2.05, 4.69) is 46.7 Å². The fourth-order valence-electron chi connectivity index (χ4n) is 11.7. The van der Waals surface area contributed by atoms with E-state index in [4.69, 9.17) is 10.5 Å². The number of hydrogen-bond acceptors (Lipinski definition) is 5. The van der Waals surface area contributed by atoms with Gasteiger partial charge in [0, 0.05) is 5.54 Å². The van der Waals surface area contributed by atoms with Crippen LogP contribution in [0, 0.1) is 62.6 Å². The average Bonchev–Trinajstić information content (AvgIpc) is 3.09. The molecule has 10 atom stereocenters. The van der Waals surface area contributed by atoms with Crippen molar-refractivity contribution >= 4 is 5.97 Å². The fourth-order valence-corrected chi connectivity index (χ4v) is 11.7. The minimum atomic E-state index is -0.581. The van der Waals surface area contributed by atoms with Gasteiger partial charge >= 0.3 is 5.97 Å². The van der Waals surface area contributed by atoms with Crippen molar-refractivity contribution in [3.05, 3.63) is 4.91 Å². The molecular formula is C36H68N2O3. The van der Waals surface area contributed by atoms with Gasteiger partial charge in [0.2, 0.25) is 0 Å². The third-order valence-corrected chi connectivity index (χ3v) is 13.3. The van der Waals surface area contributed by atoms with E-state index in [9.17, 15) is 9.70 Å². The third-order valence-electron chi connectivity index (χ3n) is 13.3. The van der Waals surface area contributed by atoms with Gasteiger partial charge in [-0.25, -0.2) is 4.79 Å². The third kappa shape index (κ3) is 6.05. The molecule has 5 saturated carbocycles. The van der Waals surface area contributed by atoms with Gasteiger partial charge in [0.05, 0.1) is 0 Å². The normalized spacial score (nSPS) is 44.8. The van der Waals surface area contributed by atoms with Gasteiger partial charge in [-0.15, -0.1) is 0 Å². The van der Waals surface area contributed by atoms with Gasteiger partial charge in [-0.2, -0.15) is 4.91 Å². The second-order valence-corrected chi connectivity index (χ2v) is 16.7. The lowest BCUT2D eigenvalue weighted by molar-refractivity contribution is -0.191. The van der Waals surface area contributed by atoms with Gasteiger partial charge < -0.3 is 10.5 Å². The van der Waals surface area contributed by atoms with Crippen LogP contribution in [0.5, 0.6) is 0 Å². The Bertz CT molecular complexity index is 913. The molecule has 5 fully saturated rings. The minimum absolute atomic E-state index is 0. The summed E-state index contributed by atoms with van der Waals surface area (Å²) in [5.41, 5.74) is 8.78. The van der Waals surface area contributed by atoms with Gasteiger partial charge in [-0.3, -0.25) is 0 Å². The molecule has 5 aliphatic carbocycles. The molecule has 0 radical (unpaired) electrons. The van der Waals surface area contributed by atoms with Gasteiger partial charge in [0.15, 0.2) is 6.54 Å². The highest BCUT2D eigenvalue weighted by molar-refractivity contribution is 5.72. The van der Waals surface area contributed by atoms with Crippen LogP contribution in [0.4, 0.5) is 0 Å². The van der Waals surface area contributed by atoms with Crippen LogP contribution in [0.15, 0.2) is 5.18 Å². The summed E-state index contributed by atoms with van der Waals surface area (Å²) in [4.78, 5) is 20.1. The van der Waals surface area contributed by atoms with Crippen molar-refractivity contribution in [2.45, 2.75) is 159 Å². The number of esters is 1. The SMILES string of the molecule is C.C.CC(C)(C)OC(=O)CN=O.CC(C)C1CCC2(C)CCC3C(CCC4C5(C)CCCC(C)C5CCC34C)C12N. The molecule has 41 heavy (non-hydrogen) atoms. The zero-order valence-corrected chi connectivity index (χ0v) is 26.8. The van der Waals surface area contributed by atoms with Crippen LogP contribution in [-0.2, 0) is 9.53 Å². The smallest absolute Gasteiger partial charge is 0.331 e. The average molecular weight is 577 g/mol. The number of nitroso groups, excluding NO2 is 1. The summed E-state index contributed by atoms with van der Waals surface area (Å²) in [5, 5.41) is 2.40. The number of ether oxygens (including phenoxy) is 1. The summed E-state index contributed by atoms with van der Waals surface area (Å²) in [5.74, 6) is 5.44. The number of nitrogens with two attached hydrogens (primary N) is 1. The number of nitrogens with zero attached hydrogens (tertiary/aromatic N) is 1. The molecular weight excluding hydrogens is 508 g/mol. The predicted octanol–water partition coefficient (Wildman–Crippen LogP) is 9.80. The van der Waals surface area contributed by atoms with Gasteiger partial charge in [0.1, 0.15) is 5.60 Å². The predicted molar refractivity (Wildman–Crippen MR) is 173 cm³/mol. The molecule has 5 heteroatoms. The fraction of sp³-hybridized carbons (Fsp3) is 0.972. The standard InChI is InChI=1S/C28H49N.C6H11NO3.2CH4/c1-18(2)20-11-15-25(4)16-12-22-23(28(20,25)29)9-10-24-26(5)14-7-8-19(3)21(26)13-17-27(22,24)6;1-6(2,3)10-5(8)4-7-9;;/h18-24H,7-17,29H2,1-6H3;4H2,1-3H3;2*1H4. The van der Waals surface area contributed by atoms with Gasteiger partial charge in [-0.1, -0.05) is 74.4 Å². The summed E-state index contributed by atoms with van der Waals surface area (Å²) < 4.78 is 4.75. The van der Waals surface area contributed by atoms with E-state index in [-0.39, 0.29) is 20.4 Å². The molecule has 0 amide bonds. The van der Waals surface area contributed by atoms with Crippen molar-refractivity contribution in [2.75, 3.05) is 6.54 Å². The van der Waals surface area contributed by atoms with Gasteiger partial charge in [0.25, 0.3) is 0 Å². The van der Waals surface area contributed by atoms with E-state index in [1.807, 2.05) is 0 Å². The van der Waals surface area contributed by atoms with Crippen LogP contribution in [0.1, 0.15) is 148 Å². The first-order chi connectivity index (χ1) is 18.0. The maximum absolute atomic E-state index is 10.5. The Morgan fingerprint density at radius 1 is 0.878 bits per heavy atom. The van der Waals surface area contributed by atoms with Crippen molar-refractivity contribution in [1.29, 1.82) is 0 Å². The van der Waals surface area contributed by atoms with Crippen LogP contribution in [0.3, 0.4) is 0 Å². The first kappa shape index (κ1) is 36.2. The Hall–Kier alpha value is -0.970. The lowest BCUT2D eigenvalue weighted by Gasteiger charge is -2.69. The zero-order chi connectivity index (χ0) is 29.0. The highest BCUT2D eigenvalue weighted by Gasteiger charge is 2.69. The second-order valence-electron chi connectivity index (χ2n) is 16.7. The lowest BCUT2D eigenvalue weighted by atomic mass is 9.36. The number of carbonyl (C=O) groups is 1. The van der Waals surface area contributed by atoms with E-state index in [1.165, 1.54) is 70.6 Å². The first-order valence-electron chi connectivity index (χ1n) is 16.3. The molecule has 5 nitrogen and oxygen atoms in total. The summed E-state index contributed by atoms with van der Waals surface area (Å²) >= 11 is 0. The van der Waals surface area contributed by atoms with Crippen LogP contribution in [-0.4, -0.2) is 23.7 Å². The summed E-state index contributed by atoms with van der Waals surface area (Å²) in [6.45, 7) is 20.3. The van der Waals surface area contributed by atoms with Crippen molar-refractivity contribution in [3.8, 4) is 0 Å². The number of carbonyl (C=O) groups excluding carboxylic acids is 1. The van der Waals surface area contributed by atoms with E-state index in [1.54, 1.807) is 20.8 Å². The molecule has 0 aromatic heterocycles. The Kier molecular flexibility index (Phi) is 11.1. The lowest BCUT2D eigenvalue weighted by Crippen LogP contribution is -2.69. The monoisotopic (exact) mass is 577 g/mol. The van der Waals surface area contributed by atoms with Crippen LogP contribution >= 0.6 is 0 Å². The molecule has 0 saturated heterocycles. The summed E-state index contributed by atoms with van der Waals surface area (Å²) in [6.07, 6.45) is 16.0. The number of hydrogen-bond donors (Lipinski definition) is 1. The molecule has 0 heterocycles. The van der Waals surface area contributed by atoms with Crippen LogP contribution < -0.4 is 5.73 Å². The molecule has 0 bridgehead atoms. The molecule has 240 valence electrons. The maximum atomic E-state index is 10.5. The van der Waals surface area contributed by atoms with Crippen LogP contribution in [0.2, 0.25) is 0 Å². The molecule has 0 aliphatic heterocycles. The molecule has 0 aromatic rings. The second kappa shape index (κ2) is 12.6. The molecule has 2 N–H and O–H groups in total. The number of fused-ring (bicyclic) bond motifs is 7. The zero-order valence-electron chi connectivity index (χ0n) is 26.8. The van der Waals surface area contributed by atoms with E-state index < -0.39 is 18.1 Å². The molecule has 5 aliphatic rings. The van der Waals surface area contributed by atoms with Gasteiger partial charge in [-0.05, 0) is 136 Å². The Morgan fingerprint density at radius 3 is 2.05 bits per heavy atom. The first-order valence-corrected chi connectivity index (χ1v) is 16.3. The van der Waals surface area contributed by atoms with Crippen molar-refractivity contribution in [1.82, 2.24) is 0 Å². The Balaban J connectivity index is 0.000000426. The molecule has 5 rings (SSSR count). The van der Waals surface area contributed by atoms with Crippen molar-refractivity contribution in [2.24, 2.45) is 68.6 Å². The molecule has 0 aromatic carbocycles. The van der Waals surface area contributed by atoms with Crippen LogP contribution in [0.25, 0.3) is 0 Å².